The van der Waals surface area contributed by atoms with E-state index in [9.17, 15) is 17.6 Å². The maximum atomic E-state index is 13.1. The molecule has 0 saturated heterocycles. The molecular weight excluding hydrogens is 383 g/mol. The van der Waals surface area contributed by atoms with Crippen molar-refractivity contribution >= 4 is 21.6 Å². The highest BCUT2D eigenvalue weighted by molar-refractivity contribution is 7.92. The average molecular weight is 408 g/mol. The number of methoxy groups -OCH3 is 1. The Morgan fingerprint density at radius 1 is 1.21 bits per heavy atom. The summed E-state index contributed by atoms with van der Waals surface area (Å²) < 4.78 is 44.4. The summed E-state index contributed by atoms with van der Waals surface area (Å²) in [5.74, 6) is -0.316. The van der Waals surface area contributed by atoms with Gasteiger partial charge in [0.15, 0.2) is 0 Å². The Morgan fingerprint density at radius 3 is 2.39 bits per heavy atom. The van der Waals surface area contributed by atoms with Crippen LogP contribution in [0.4, 0.5) is 10.1 Å². The van der Waals surface area contributed by atoms with E-state index in [2.05, 4.69) is 5.32 Å². The molecule has 0 spiro atoms. The van der Waals surface area contributed by atoms with Gasteiger partial charge in [-0.15, -0.1) is 0 Å². The predicted octanol–water partition coefficient (Wildman–Crippen LogP) is 3.26. The number of hydrogen-bond acceptors (Lipinski definition) is 4. The predicted molar refractivity (Wildman–Crippen MR) is 107 cm³/mol. The summed E-state index contributed by atoms with van der Waals surface area (Å²) in [6.07, 6.45) is 1.33. The van der Waals surface area contributed by atoms with Gasteiger partial charge in [-0.1, -0.05) is 25.1 Å². The molecule has 0 aliphatic carbocycles. The van der Waals surface area contributed by atoms with Crippen LogP contribution < -0.4 is 14.4 Å². The number of benzene rings is 2. The summed E-state index contributed by atoms with van der Waals surface area (Å²) in [6.45, 7) is 3.50. The Balaban J connectivity index is 2.32. The smallest absolute Gasteiger partial charge is 0.244 e. The highest BCUT2D eigenvalue weighted by atomic mass is 32.2. The molecule has 0 bridgehead atoms. The molecule has 8 heteroatoms. The number of ether oxygens (including phenoxy) is 1. The molecule has 6 nitrogen and oxygen atoms in total. The van der Waals surface area contributed by atoms with Crippen molar-refractivity contribution in [3.63, 3.8) is 0 Å². The van der Waals surface area contributed by atoms with Crippen LogP contribution in [0.2, 0.25) is 0 Å². The summed E-state index contributed by atoms with van der Waals surface area (Å²) in [5, 5.41) is 2.82. The van der Waals surface area contributed by atoms with Crippen LogP contribution in [-0.2, 0) is 14.8 Å². The molecule has 28 heavy (non-hydrogen) atoms. The van der Waals surface area contributed by atoms with Gasteiger partial charge in [-0.05, 0) is 43.2 Å². The average Bonchev–Trinajstić information content (AvgIpc) is 2.65. The van der Waals surface area contributed by atoms with Crippen LogP contribution in [-0.4, -0.2) is 33.7 Å². The Kier molecular flexibility index (Phi) is 7.01. The first-order valence-electron chi connectivity index (χ1n) is 8.86. The molecule has 0 unspecified atom stereocenters. The number of nitrogens with zero attached hydrogens (tertiary/aromatic N) is 1. The third kappa shape index (κ3) is 5.22. The van der Waals surface area contributed by atoms with Gasteiger partial charge in [0.2, 0.25) is 15.9 Å². The lowest BCUT2D eigenvalue weighted by atomic mass is 10.1. The number of carbonyl (C=O) groups is 1. The SMILES string of the molecule is CC[C@H](C(=O)N[C@H](C)c1ccc(F)cc1)N(c1cccc(OC)c1)S(C)(=O)=O. The minimum atomic E-state index is -3.74. The lowest BCUT2D eigenvalue weighted by Crippen LogP contribution is -2.49. The molecule has 0 fully saturated rings. The van der Waals surface area contributed by atoms with E-state index >= 15 is 0 Å². The number of nitrogens with one attached hydrogen (secondary N) is 1. The van der Waals surface area contributed by atoms with E-state index in [0.29, 0.717) is 11.4 Å². The number of hydrogen-bond donors (Lipinski definition) is 1. The second kappa shape index (κ2) is 9.05. The molecule has 2 atom stereocenters. The monoisotopic (exact) mass is 408 g/mol. The molecule has 0 radical (unpaired) electrons. The fraction of sp³-hybridized carbons (Fsp3) is 0.350. The molecule has 0 aromatic heterocycles. The minimum Gasteiger partial charge on any atom is -0.497 e. The normalized spacial score (nSPS) is 13.5. The van der Waals surface area contributed by atoms with E-state index in [1.54, 1.807) is 50.2 Å². The van der Waals surface area contributed by atoms with Crippen LogP contribution in [0.3, 0.4) is 0 Å². The zero-order chi connectivity index (χ0) is 20.9. The van der Waals surface area contributed by atoms with Crippen molar-refractivity contribution in [1.82, 2.24) is 5.32 Å². The van der Waals surface area contributed by atoms with Crippen LogP contribution in [0.1, 0.15) is 31.9 Å². The standard InChI is InChI=1S/C20H25FN2O4S/c1-5-19(20(24)22-14(2)15-9-11-16(21)12-10-15)23(28(4,25)26)17-7-6-8-18(13-17)27-3/h6-14,19H,5H2,1-4H3,(H,22,24)/t14-,19-/m1/s1. The number of amides is 1. The van der Waals surface area contributed by atoms with Crippen molar-refractivity contribution < 1.29 is 22.3 Å². The van der Waals surface area contributed by atoms with Crippen LogP contribution in [0, 0.1) is 5.82 Å². The largest absolute Gasteiger partial charge is 0.497 e. The van der Waals surface area contributed by atoms with E-state index < -0.39 is 28.0 Å². The van der Waals surface area contributed by atoms with Crippen molar-refractivity contribution in [2.24, 2.45) is 0 Å². The highest BCUT2D eigenvalue weighted by Gasteiger charge is 2.32. The molecular formula is C20H25FN2O4S. The molecule has 2 rings (SSSR count). The van der Waals surface area contributed by atoms with Gasteiger partial charge in [-0.2, -0.15) is 0 Å². The number of anilines is 1. The van der Waals surface area contributed by atoms with Crippen molar-refractivity contribution in [1.29, 1.82) is 0 Å². The van der Waals surface area contributed by atoms with E-state index in [0.717, 1.165) is 16.1 Å². The summed E-state index contributed by atoms with van der Waals surface area (Å²) >= 11 is 0. The summed E-state index contributed by atoms with van der Waals surface area (Å²) in [5.41, 5.74) is 1.06. The zero-order valence-electron chi connectivity index (χ0n) is 16.3. The molecule has 0 aliphatic heterocycles. The molecule has 2 aromatic rings. The molecule has 0 aliphatic rings. The minimum absolute atomic E-state index is 0.270. The third-order valence-electron chi connectivity index (χ3n) is 4.37. The summed E-state index contributed by atoms with van der Waals surface area (Å²) in [6, 6.07) is 11.0. The van der Waals surface area contributed by atoms with Crippen molar-refractivity contribution in [3.05, 3.63) is 59.9 Å². The van der Waals surface area contributed by atoms with E-state index in [-0.39, 0.29) is 12.2 Å². The molecule has 152 valence electrons. The molecule has 1 N–H and O–H groups in total. The second-order valence-electron chi connectivity index (χ2n) is 6.47. The highest BCUT2D eigenvalue weighted by Crippen LogP contribution is 2.27. The van der Waals surface area contributed by atoms with Gasteiger partial charge in [0.1, 0.15) is 17.6 Å². The van der Waals surface area contributed by atoms with Gasteiger partial charge in [0.05, 0.1) is 25.1 Å². The summed E-state index contributed by atoms with van der Waals surface area (Å²) in [4.78, 5) is 12.9. The second-order valence-corrected chi connectivity index (χ2v) is 8.33. The van der Waals surface area contributed by atoms with Gasteiger partial charge in [0.25, 0.3) is 0 Å². The van der Waals surface area contributed by atoms with Gasteiger partial charge < -0.3 is 10.1 Å². The number of rotatable bonds is 8. The molecule has 2 aromatic carbocycles. The Bertz CT molecular complexity index is 916. The lowest BCUT2D eigenvalue weighted by Gasteiger charge is -2.31. The first kappa shape index (κ1) is 21.7. The Morgan fingerprint density at radius 2 is 1.86 bits per heavy atom. The van der Waals surface area contributed by atoms with Gasteiger partial charge in [-0.25, -0.2) is 12.8 Å². The number of sulfonamides is 1. The fourth-order valence-corrected chi connectivity index (χ4v) is 4.16. The first-order chi connectivity index (χ1) is 13.2. The van der Waals surface area contributed by atoms with E-state index in [1.165, 1.54) is 19.2 Å². The van der Waals surface area contributed by atoms with Crippen LogP contribution >= 0.6 is 0 Å². The zero-order valence-corrected chi connectivity index (χ0v) is 17.2. The molecule has 1 amide bonds. The number of halogens is 1. The van der Waals surface area contributed by atoms with Crippen LogP contribution in [0.15, 0.2) is 48.5 Å². The fourth-order valence-electron chi connectivity index (χ4n) is 2.95. The maximum absolute atomic E-state index is 13.1. The van der Waals surface area contributed by atoms with Crippen molar-refractivity contribution in [2.75, 3.05) is 17.7 Å². The third-order valence-corrected chi connectivity index (χ3v) is 5.55. The van der Waals surface area contributed by atoms with E-state index in [4.69, 9.17) is 4.74 Å². The lowest BCUT2D eigenvalue weighted by molar-refractivity contribution is -0.122. The van der Waals surface area contributed by atoms with Gasteiger partial charge in [-0.3, -0.25) is 9.10 Å². The Hall–Kier alpha value is -2.61. The summed E-state index contributed by atoms with van der Waals surface area (Å²) in [7, 11) is -2.25. The first-order valence-corrected chi connectivity index (χ1v) is 10.7. The Labute approximate surface area is 165 Å². The van der Waals surface area contributed by atoms with Crippen molar-refractivity contribution in [3.8, 4) is 5.75 Å². The van der Waals surface area contributed by atoms with Crippen LogP contribution in [0.5, 0.6) is 5.75 Å². The quantitative estimate of drug-likeness (QED) is 0.728. The molecule has 0 heterocycles. The molecule has 0 saturated carbocycles. The van der Waals surface area contributed by atoms with Gasteiger partial charge in [0, 0.05) is 6.07 Å². The topological polar surface area (TPSA) is 75.7 Å². The maximum Gasteiger partial charge on any atom is 0.244 e. The number of carbonyl (C=O) groups excluding carboxylic acids is 1. The van der Waals surface area contributed by atoms with Gasteiger partial charge >= 0.3 is 0 Å². The van der Waals surface area contributed by atoms with Crippen molar-refractivity contribution in [2.45, 2.75) is 32.4 Å². The van der Waals surface area contributed by atoms with Crippen LogP contribution in [0.25, 0.3) is 0 Å². The van der Waals surface area contributed by atoms with E-state index in [1.807, 2.05) is 0 Å².